The lowest BCUT2D eigenvalue weighted by Crippen LogP contribution is -2.18. The molecule has 2 nitrogen and oxygen atoms in total. The molecule has 0 amide bonds. The Labute approximate surface area is 130 Å². The van der Waals surface area contributed by atoms with Crippen LogP contribution in [-0.4, -0.2) is 12.4 Å². The summed E-state index contributed by atoms with van der Waals surface area (Å²) in [6.45, 7) is 0.727. The molecular formula is C18H21NOS. The zero-order chi connectivity index (χ0) is 14.5. The van der Waals surface area contributed by atoms with Crippen LogP contribution in [0.15, 0.2) is 53.4 Å². The maximum atomic E-state index is 6.19. The molecule has 0 saturated heterocycles. The van der Waals surface area contributed by atoms with Gasteiger partial charge in [-0.1, -0.05) is 30.3 Å². The summed E-state index contributed by atoms with van der Waals surface area (Å²) in [5.74, 6) is 1.98. The highest BCUT2D eigenvalue weighted by Crippen LogP contribution is 2.34. The predicted octanol–water partition coefficient (Wildman–Crippen LogP) is 4.19. The highest BCUT2D eigenvalue weighted by Gasteiger charge is 2.19. The van der Waals surface area contributed by atoms with Crippen molar-refractivity contribution in [2.75, 3.05) is 12.4 Å². The SMILES string of the molecule is NC1CCCc2c(OCCSc3ccccc3)cccc21. The Hall–Kier alpha value is -1.45. The normalized spacial score (nSPS) is 17.3. The fourth-order valence-corrected chi connectivity index (χ4v) is 3.57. The average molecular weight is 299 g/mol. The molecule has 3 rings (SSSR count). The van der Waals surface area contributed by atoms with Gasteiger partial charge in [-0.25, -0.2) is 0 Å². The van der Waals surface area contributed by atoms with E-state index >= 15 is 0 Å². The molecule has 1 aliphatic rings. The van der Waals surface area contributed by atoms with Crippen LogP contribution in [0, 0.1) is 0 Å². The zero-order valence-corrected chi connectivity index (χ0v) is 12.9. The molecule has 0 aromatic heterocycles. The Morgan fingerprint density at radius 2 is 1.95 bits per heavy atom. The highest BCUT2D eigenvalue weighted by atomic mass is 32.2. The number of benzene rings is 2. The number of hydrogen-bond donors (Lipinski definition) is 1. The number of ether oxygens (including phenoxy) is 1. The molecule has 0 radical (unpaired) electrons. The van der Waals surface area contributed by atoms with Gasteiger partial charge in [0.2, 0.25) is 0 Å². The molecule has 110 valence electrons. The number of thioether (sulfide) groups is 1. The van der Waals surface area contributed by atoms with Crippen LogP contribution in [-0.2, 0) is 6.42 Å². The maximum Gasteiger partial charge on any atom is 0.122 e. The Bertz CT molecular complexity index is 585. The molecule has 0 fully saturated rings. The van der Waals surface area contributed by atoms with Crippen LogP contribution in [0.2, 0.25) is 0 Å². The van der Waals surface area contributed by atoms with E-state index in [-0.39, 0.29) is 6.04 Å². The van der Waals surface area contributed by atoms with Crippen molar-refractivity contribution < 1.29 is 4.74 Å². The van der Waals surface area contributed by atoms with Gasteiger partial charge in [-0.3, -0.25) is 0 Å². The first-order valence-electron chi connectivity index (χ1n) is 7.52. The van der Waals surface area contributed by atoms with Gasteiger partial charge in [-0.05, 0) is 48.6 Å². The minimum atomic E-state index is 0.177. The summed E-state index contributed by atoms with van der Waals surface area (Å²) in [4.78, 5) is 1.29. The van der Waals surface area contributed by atoms with Crippen molar-refractivity contribution in [2.45, 2.75) is 30.2 Å². The Morgan fingerprint density at radius 1 is 1.10 bits per heavy atom. The average Bonchev–Trinajstić information content (AvgIpc) is 2.53. The summed E-state index contributed by atoms with van der Waals surface area (Å²) >= 11 is 1.83. The molecule has 0 heterocycles. The van der Waals surface area contributed by atoms with Gasteiger partial charge in [0.25, 0.3) is 0 Å². The summed E-state index contributed by atoms with van der Waals surface area (Å²) in [5, 5.41) is 0. The van der Waals surface area contributed by atoms with E-state index in [0.29, 0.717) is 0 Å². The number of nitrogens with two attached hydrogens (primary N) is 1. The van der Waals surface area contributed by atoms with Crippen LogP contribution in [0.25, 0.3) is 0 Å². The molecule has 2 aromatic carbocycles. The molecule has 0 bridgehead atoms. The van der Waals surface area contributed by atoms with Crippen LogP contribution >= 0.6 is 11.8 Å². The maximum absolute atomic E-state index is 6.19. The van der Waals surface area contributed by atoms with Gasteiger partial charge in [0.05, 0.1) is 6.61 Å². The summed E-state index contributed by atoms with van der Waals surface area (Å²) in [7, 11) is 0. The topological polar surface area (TPSA) is 35.2 Å². The van der Waals surface area contributed by atoms with Gasteiger partial charge in [0.15, 0.2) is 0 Å². The highest BCUT2D eigenvalue weighted by molar-refractivity contribution is 7.99. The molecule has 1 atom stereocenters. The predicted molar refractivity (Wildman–Crippen MR) is 89.0 cm³/mol. The first-order chi connectivity index (χ1) is 10.3. The van der Waals surface area contributed by atoms with Crippen molar-refractivity contribution in [3.63, 3.8) is 0 Å². The number of rotatable bonds is 5. The van der Waals surface area contributed by atoms with E-state index < -0.39 is 0 Å². The van der Waals surface area contributed by atoms with Crippen LogP contribution in [0.3, 0.4) is 0 Å². The lowest BCUT2D eigenvalue weighted by atomic mass is 9.88. The molecule has 0 aliphatic heterocycles. The molecule has 2 aromatic rings. The van der Waals surface area contributed by atoms with E-state index in [0.717, 1.165) is 37.4 Å². The van der Waals surface area contributed by atoms with E-state index in [2.05, 4.69) is 42.5 Å². The second kappa shape index (κ2) is 7.01. The molecule has 1 unspecified atom stereocenters. The molecule has 0 spiro atoms. The molecular weight excluding hydrogens is 278 g/mol. The van der Waals surface area contributed by atoms with Crippen LogP contribution in [0.1, 0.15) is 30.0 Å². The van der Waals surface area contributed by atoms with E-state index in [9.17, 15) is 0 Å². The quantitative estimate of drug-likeness (QED) is 0.664. The summed E-state index contributed by atoms with van der Waals surface area (Å²) < 4.78 is 6.00. The van der Waals surface area contributed by atoms with Crippen LogP contribution < -0.4 is 10.5 Å². The Kier molecular flexibility index (Phi) is 4.84. The monoisotopic (exact) mass is 299 g/mol. The minimum Gasteiger partial charge on any atom is -0.492 e. The third-order valence-corrected chi connectivity index (χ3v) is 4.84. The Morgan fingerprint density at radius 3 is 2.81 bits per heavy atom. The second-order valence-electron chi connectivity index (χ2n) is 5.33. The van der Waals surface area contributed by atoms with Crippen molar-refractivity contribution in [2.24, 2.45) is 5.73 Å². The van der Waals surface area contributed by atoms with E-state index in [1.54, 1.807) is 0 Å². The number of hydrogen-bond acceptors (Lipinski definition) is 3. The minimum absolute atomic E-state index is 0.177. The van der Waals surface area contributed by atoms with Crippen molar-refractivity contribution >= 4 is 11.8 Å². The van der Waals surface area contributed by atoms with E-state index in [4.69, 9.17) is 10.5 Å². The standard InChI is InChI=1S/C18H21NOS/c19-17-10-4-9-16-15(17)8-5-11-18(16)20-12-13-21-14-6-2-1-3-7-14/h1-3,5-8,11,17H,4,9-10,12-13,19H2. The zero-order valence-electron chi connectivity index (χ0n) is 12.1. The third kappa shape index (κ3) is 3.60. The van der Waals surface area contributed by atoms with Gasteiger partial charge in [-0.2, -0.15) is 0 Å². The van der Waals surface area contributed by atoms with Crippen LogP contribution in [0.5, 0.6) is 5.75 Å². The summed E-state index contributed by atoms with van der Waals surface area (Å²) in [5.41, 5.74) is 8.78. The number of fused-ring (bicyclic) bond motifs is 1. The van der Waals surface area contributed by atoms with Gasteiger partial charge in [0, 0.05) is 16.7 Å². The smallest absolute Gasteiger partial charge is 0.122 e. The van der Waals surface area contributed by atoms with Gasteiger partial charge >= 0.3 is 0 Å². The summed E-state index contributed by atoms with van der Waals surface area (Å²) in [6.07, 6.45) is 3.33. The van der Waals surface area contributed by atoms with Gasteiger partial charge < -0.3 is 10.5 Å². The fourth-order valence-electron chi connectivity index (χ4n) is 2.81. The second-order valence-corrected chi connectivity index (χ2v) is 6.50. The van der Waals surface area contributed by atoms with Crippen LogP contribution in [0.4, 0.5) is 0 Å². The van der Waals surface area contributed by atoms with Gasteiger partial charge in [0.1, 0.15) is 5.75 Å². The largest absolute Gasteiger partial charge is 0.492 e. The molecule has 21 heavy (non-hydrogen) atoms. The molecule has 3 heteroatoms. The first-order valence-corrected chi connectivity index (χ1v) is 8.51. The van der Waals surface area contributed by atoms with Crippen molar-refractivity contribution in [1.82, 2.24) is 0 Å². The first kappa shape index (κ1) is 14.5. The van der Waals surface area contributed by atoms with Crippen molar-refractivity contribution in [3.05, 3.63) is 59.7 Å². The fraction of sp³-hybridized carbons (Fsp3) is 0.333. The van der Waals surface area contributed by atoms with E-state index in [1.807, 2.05) is 17.8 Å². The lowest BCUT2D eigenvalue weighted by molar-refractivity contribution is 0.337. The summed E-state index contributed by atoms with van der Waals surface area (Å²) in [6, 6.07) is 16.9. The third-order valence-electron chi connectivity index (χ3n) is 3.86. The van der Waals surface area contributed by atoms with Crippen molar-refractivity contribution in [3.8, 4) is 5.75 Å². The lowest BCUT2D eigenvalue weighted by Gasteiger charge is -2.24. The van der Waals surface area contributed by atoms with Crippen molar-refractivity contribution in [1.29, 1.82) is 0 Å². The van der Waals surface area contributed by atoms with E-state index in [1.165, 1.54) is 16.0 Å². The Balaban J connectivity index is 1.57. The van der Waals surface area contributed by atoms with Gasteiger partial charge in [-0.15, -0.1) is 11.8 Å². The molecule has 0 saturated carbocycles. The molecule has 2 N–H and O–H groups in total. The molecule has 1 aliphatic carbocycles.